The zero-order valence-corrected chi connectivity index (χ0v) is 17.0. The van der Waals surface area contributed by atoms with Crippen LogP contribution >= 0.6 is 0 Å². The highest BCUT2D eigenvalue weighted by atomic mass is 16.5. The minimum Gasteiger partial charge on any atom is -0.497 e. The van der Waals surface area contributed by atoms with Gasteiger partial charge in [-0.05, 0) is 42.3 Å². The molecule has 3 aromatic carbocycles. The molecule has 0 aliphatic carbocycles. The van der Waals surface area contributed by atoms with E-state index in [2.05, 4.69) is 10.6 Å². The van der Waals surface area contributed by atoms with Gasteiger partial charge >= 0.3 is 0 Å². The van der Waals surface area contributed by atoms with Crippen molar-refractivity contribution < 1.29 is 14.3 Å². The summed E-state index contributed by atoms with van der Waals surface area (Å²) in [6, 6.07) is 24.0. The van der Waals surface area contributed by atoms with Crippen molar-refractivity contribution in [2.45, 2.75) is 13.0 Å². The highest BCUT2D eigenvalue weighted by molar-refractivity contribution is 6.01. The molecule has 0 aliphatic heterocycles. The quantitative estimate of drug-likeness (QED) is 0.573. The van der Waals surface area contributed by atoms with E-state index in [9.17, 15) is 9.59 Å². The molecule has 3 rings (SSSR count). The number of benzene rings is 3. The monoisotopic (exact) mass is 400 g/mol. The second kappa shape index (κ2) is 10.1. The number of amides is 2. The lowest BCUT2D eigenvalue weighted by atomic mass is 10.0. The first-order chi connectivity index (χ1) is 14.6. The van der Waals surface area contributed by atoms with Crippen LogP contribution in [-0.4, -0.2) is 25.0 Å². The van der Waals surface area contributed by atoms with Gasteiger partial charge in [0.05, 0.1) is 7.11 Å². The van der Waals surface area contributed by atoms with Crippen molar-refractivity contribution in [3.05, 3.63) is 90.5 Å². The van der Waals surface area contributed by atoms with Gasteiger partial charge in [-0.15, -0.1) is 0 Å². The van der Waals surface area contributed by atoms with Crippen molar-refractivity contribution >= 4 is 23.6 Å². The van der Waals surface area contributed by atoms with E-state index >= 15 is 0 Å². The van der Waals surface area contributed by atoms with Crippen LogP contribution in [0.5, 0.6) is 5.75 Å². The van der Waals surface area contributed by atoms with Gasteiger partial charge in [0.25, 0.3) is 0 Å². The molecule has 0 fully saturated rings. The molecule has 1 unspecified atom stereocenters. The molecule has 3 aromatic rings. The Hall–Kier alpha value is -3.86. The second-order valence-corrected chi connectivity index (χ2v) is 6.74. The number of methoxy groups -OCH3 is 1. The summed E-state index contributed by atoms with van der Waals surface area (Å²) in [4.78, 5) is 24.8. The highest BCUT2D eigenvalue weighted by Gasteiger charge is 2.16. The predicted molar refractivity (Wildman–Crippen MR) is 120 cm³/mol. The average Bonchev–Trinajstić information content (AvgIpc) is 2.79. The summed E-state index contributed by atoms with van der Waals surface area (Å²) in [5.41, 5.74) is 3.49. The van der Waals surface area contributed by atoms with Crippen LogP contribution in [0.3, 0.4) is 0 Å². The van der Waals surface area contributed by atoms with Crippen molar-refractivity contribution in [2.24, 2.45) is 0 Å². The molecule has 0 bridgehead atoms. The summed E-state index contributed by atoms with van der Waals surface area (Å²) < 4.78 is 5.11. The highest BCUT2D eigenvalue weighted by Crippen LogP contribution is 2.27. The van der Waals surface area contributed by atoms with Crippen molar-refractivity contribution in [1.29, 1.82) is 0 Å². The van der Waals surface area contributed by atoms with Gasteiger partial charge in [0.2, 0.25) is 11.8 Å². The van der Waals surface area contributed by atoms with Crippen LogP contribution in [0.25, 0.3) is 17.2 Å². The molecule has 0 saturated heterocycles. The number of nitrogens with one attached hydrogen (secondary N) is 2. The molecule has 0 heterocycles. The fraction of sp³-hybridized carbons (Fsp3) is 0.120. The number of carbonyl (C=O) groups is 2. The smallest absolute Gasteiger partial charge is 0.246 e. The lowest BCUT2D eigenvalue weighted by Crippen LogP contribution is -2.40. The molecule has 5 heteroatoms. The Balaban J connectivity index is 1.61. The summed E-state index contributed by atoms with van der Waals surface area (Å²) in [5.74, 6) is 0.118. The predicted octanol–water partition coefficient (Wildman–Crippen LogP) is 4.52. The van der Waals surface area contributed by atoms with Crippen molar-refractivity contribution in [3.63, 3.8) is 0 Å². The maximum atomic E-state index is 12.6. The molecule has 152 valence electrons. The van der Waals surface area contributed by atoms with Crippen LogP contribution in [-0.2, 0) is 9.59 Å². The molecule has 2 N–H and O–H groups in total. The van der Waals surface area contributed by atoms with Gasteiger partial charge in [-0.3, -0.25) is 9.59 Å². The fourth-order valence-electron chi connectivity index (χ4n) is 2.92. The third kappa shape index (κ3) is 5.58. The molecular weight excluding hydrogens is 376 g/mol. The zero-order valence-electron chi connectivity index (χ0n) is 17.0. The van der Waals surface area contributed by atoms with Crippen molar-refractivity contribution in [1.82, 2.24) is 5.32 Å². The Morgan fingerprint density at radius 3 is 2.27 bits per heavy atom. The zero-order chi connectivity index (χ0) is 21.3. The van der Waals surface area contributed by atoms with Gasteiger partial charge in [0, 0.05) is 17.3 Å². The summed E-state index contributed by atoms with van der Waals surface area (Å²) in [7, 11) is 1.60. The van der Waals surface area contributed by atoms with Crippen LogP contribution in [0.15, 0.2) is 84.9 Å². The van der Waals surface area contributed by atoms with E-state index in [-0.39, 0.29) is 11.8 Å². The van der Waals surface area contributed by atoms with E-state index in [1.54, 1.807) is 20.1 Å². The van der Waals surface area contributed by atoms with Crippen LogP contribution in [0.1, 0.15) is 12.5 Å². The molecule has 1 atom stereocenters. The van der Waals surface area contributed by atoms with E-state index in [4.69, 9.17) is 4.74 Å². The Bertz CT molecular complexity index is 1030. The van der Waals surface area contributed by atoms with Crippen LogP contribution in [0.2, 0.25) is 0 Å². The summed E-state index contributed by atoms with van der Waals surface area (Å²) in [6.45, 7) is 1.65. The summed E-state index contributed by atoms with van der Waals surface area (Å²) >= 11 is 0. The van der Waals surface area contributed by atoms with E-state index in [1.165, 1.54) is 6.08 Å². The maximum Gasteiger partial charge on any atom is 0.246 e. The van der Waals surface area contributed by atoms with E-state index in [0.29, 0.717) is 5.69 Å². The van der Waals surface area contributed by atoms with Gasteiger partial charge in [-0.25, -0.2) is 0 Å². The first-order valence-corrected chi connectivity index (χ1v) is 9.65. The van der Waals surface area contributed by atoms with Crippen molar-refractivity contribution in [2.75, 3.05) is 12.4 Å². The largest absolute Gasteiger partial charge is 0.497 e. The SMILES string of the molecule is COc1ccc(/C=C/C(=O)NC(C)C(=O)Nc2ccccc2-c2ccccc2)cc1. The van der Waals surface area contributed by atoms with Gasteiger partial charge in [0.15, 0.2) is 0 Å². The van der Waals surface area contributed by atoms with E-state index < -0.39 is 6.04 Å². The standard InChI is InChI=1S/C25H24N2O3/c1-18(26-24(28)17-14-19-12-15-21(30-2)16-13-19)25(29)27-23-11-7-6-10-22(23)20-8-4-3-5-9-20/h3-18H,1-2H3,(H,26,28)(H,27,29)/b17-14+. The average molecular weight is 400 g/mol. The van der Waals surface area contributed by atoms with Crippen LogP contribution < -0.4 is 15.4 Å². The van der Waals surface area contributed by atoms with Gasteiger partial charge < -0.3 is 15.4 Å². The Morgan fingerprint density at radius 1 is 0.900 bits per heavy atom. The number of rotatable bonds is 7. The summed E-state index contributed by atoms with van der Waals surface area (Å²) in [5, 5.41) is 5.60. The molecule has 0 saturated carbocycles. The van der Waals surface area contributed by atoms with Crippen LogP contribution in [0.4, 0.5) is 5.69 Å². The topological polar surface area (TPSA) is 67.4 Å². The van der Waals surface area contributed by atoms with Gasteiger partial charge in [0.1, 0.15) is 11.8 Å². The molecule has 5 nitrogen and oxygen atoms in total. The number of hydrogen-bond acceptors (Lipinski definition) is 3. The number of carbonyl (C=O) groups excluding carboxylic acids is 2. The first-order valence-electron chi connectivity index (χ1n) is 9.65. The van der Waals surface area contributed by atoms with Crippen molar-refractivity contribution in [3.8, 4) is 16.9 Å². The Kier molecular flexibility index (Phi) is 7.00. The normalized spacial score (nSPS) is 11.7. The maximum absolute atomic E-state index is 12.6. The van der Waals surface area contributed by atoms with Gasteiger partial charge in [-0.2, -0.15) is 0 Å². The molecule has 30 heavy (non-hydrogen) atoms. The third-order valence-electron chi connectivity index (χ3n) is 4.56. The Labute approximate surface area is 176 Å². The lowest BCUT2D eigenvalue weighted by molar-refractivity contribution is -0.123. The second-order valence-electron chi connectivity index (χ2n) is 6.74. The molecule has 2 amide bonds. The molecule has 0 aliphatic rings. The van der Waals surface area contributed by atoms with E-state index in [0.717, 1.165) is 22.4 Å². The van der Waals surface area contributed by atoms with Gasteiger partial charge in [-0.1, -0.05) is 60.7 Å². The number of hydrogen-bond donors (Lipinski definition) is 2. The molecule has 0 aromatic heterocycles. The minimum absolute atomic E-state index is 0.287. The Morgan fingerprint density at radius 2 is 1.57 bits per heavy atom. The number of para-hydroxylation sites is 1. The summed E-state index contributed by atoms with van der Waals surface area (Å²) in [6.07, 6.45) is 3.09. The molecule has 0 radical (unpaired) electrons. The lowest BCUT2D eigenvalue weighted by Gasteiger charge is -2.15. The third-order valence-corrected chi connectivity index (χ3v) is 4.56. The number of ether oxygens (including phenoxy) is 1. The molecular formula is C25H24N2O3. The minimum atomic E-state index is -0.693. The molecule has 0 spiro atoms. The van der Waals surface area contributed by atoms with E-state index in [1.807, 2.05) is 78.9 Å². The fourth-order valence-corrected chi connectivity index (χ4v) is 2.92. The first kappa shape index (κ1) is 20.9. The number of anilines is 1. The van der Waals surface area contributed by atoms with Crippen LogP contribution in [0, 0.1) is 0 Å².